The topological polar surface area (TPSA) is 204 Å². The van der Waals surface area contributed by atoms with Crippen LogP contribution in [-0.4, -0.2) is 48.3 Å². The molecule has 38 heteroatoms. The molecule has 9 aromatic rings. The van der Waals surface area contributed by atoms with Gasteiger partial charge in [0.2, 0.25) is 17.7 Å². The van der Waals surface area contributed by atoms with E-state index in [1.165, 1.54) is 18.2 Å². The normalized spacial score (nSPS) is 14.4. The summed E-state index contributed by atoms with van der Waals surface area (Å²) < 4.78 is 257. The number of carbonyl (C=O) groups excluding carboxylic acids is 3. The van der Waals surface area contributed by atoms with Crippen molar-refractivity contribution in [2.75, 3.05) is 16.0 Å². The zero-order valence-electron chi connectivity index (χ0n) is 40.3. The Balaban J connectivity index is 0.000000181. The molecule has 0 bridgehead atoms. The first-order valence-electron chi connectivity index (χ1n) is 21.8. The van der Waals surface area contributed by atoms with Crippen molar-refractivity contribution in [1.29, 1.82) is 0 Å². The van der Waals surface area contributed by atoms with Crippen molar-refractivity contribution in [3.63, 3.8) is 0 Å². The van der Waals surface area contributed by atoms with Crippen LogP contribution < -0.4 is 16.0 Å². The number of amides is 3. The van der Waals surface area contributed by atoms with E-state index in [9.17, 15) is 90.2 Å². The molecule has 84 heavy (non-hydrogen) atoms. The Kier molecular flexibility index (Phi) is 14.9. The lowest BCUT2D eigenvalue weighted by molar-refractivity contribution is -0.137. The average molecular weight is 1290 g/mol. The summed E-state index contributed by atoms with van der Waals surface area (Å²) in [6, 6.07) is 18.1. The van der Waals surface area contributed by atoms with Crippen LogP contribution in [0.3, 0.4) is 0 Å². The number of rotatable bonds is 12. The van der Waals surface area contributed by atoms with Gasteiger partial charge in [-0.3, -0.25) is 30.3 Å². The molecule has 6 aromatic carbocycles. The molecule has 3 aromatic heterocycles. The SMILES string of the molecule is O=C(Nc1nnc(-c2ccc(Cl)cc2)o1)c1ccc(S(F)(F)(F)(F)F)cc1.O=C(Nc1nnc(-c2ccc(F)cc2)o1)c1ccc(S(F)(F)(F)(F)F)cc1.O=C(Nc1nnc(-c2cccc(C(F)(F)F)c2)o1)c1ccc(S(F)(F)(F)(F)F)cc1. The molecule has 0 aliphatic carbocycles. The number of aromatic nitrogens is 6. The molecule has 9 rings (SSSR count). The Morgan fingerprint density at radius 1 is 0.393 bits per heavy atom. The smallest absolute Gasteiger partial charge is 0.403 e. The molecule has 0 unspecified atom stereocenters. The Hall–Kier alpha value is -8.84. The minimum absolute atomic E-state index is 0.0402. The molecule has 3 heterocycles. The summed E-state index contributed by atoms with van der Waals surface area (Å²) in [4.78, 5) is 29.6. The maximum atomic E-state index is 12.9. The second-order valence-corrected chi connectivity index (χ2v) is 24.3. The molecule has 0 saturated heterocycles. The van der Waals surface area contributed by atoms with Crippen molar-refractivity contribution in [2.24, 2.45) is 0 Å². The van der Waals surface area contributed by atoms with E-state index in [-0.39, 0.29) is 82.8 Å². The quantitative estimate of drug-likeness (QED) is 0.0978. The Morgan fingerprint density at radius 2 is 0.690 bits per heavy atom. The van der Waals surface area contributed by atoms with Crippen molar-refractivity contribution in [3.8, 4) is 34.4 Å². The first-order chi connectivity index (χ1) is 38.2. The lowest BCUT2D eigenvalue weighted by Gasteiger charge is -2.40. The number of carbonyl (C=O) groups is 3. The fraction of sp³-hybridized carbons (Fsp3) is 0.0217. The predicted octanol–water partition coefficient (Wildman–Crippen LogP) is 18.8. The third-order valence-corrected chi connectivity index (χ3v) is 14.0. The van der Waals surface area contributed by atoms with Gasteiger partial charge in [-0.1, -0.05) is 91.2 Å². The Morgan fingerprint density at radius 3 is 0.988 bits per heavy atom. The third-order valence-electron chi connectivity index (χ3n) is 10.2. The molecular weight excluding hydrogens is 1270 g/mol. The van der Waals surface area contributed by atoms with Crippen LogP contribution in [0.2, 0.25) is 5.02 Å². The van der Waals surface area contributed by atoms with Crippen molar-refractivity contribution >= 4 is 78.0 Å². The molecule has 0 aliphatic heterocycles. The number of hydrogen-bond donors (Lipinski definition) is 3. The number of nitrogens with one attached hydrogen (secondary N) is 3. The zero-order chi connectivity index (χ0) is 62.3. The van der Waals surface area contributed by atoms with Crippen molar-refractivity contribution in [2.45, 2.75) is 20.9 Å². The monoisotopic (exact) mass is 1290 g/mol. The fourth-order valence-electron chi connectivity index (χ4n) is 6.28. The molecular formula is C46H27ClF19N9O6S3. The highest BCUT2D eigenvalue weighted by atomic mass is 35.5. The van der Waals surface area contributed by atoms with Crippen molar-refractivity contribution < 1.29 is 103 Å². The van der Waals surface area contributed by atoms with E-state index < -0.39 is 92.2 Å². The van der Waals surface area contributed by atoms with Gasteiger partial charge < -0.3 is 13.3 Å². The van der Waals surface area contributed by atoms with Gasteiger partial charge in [0.15, 0.2) is 0 Å². The van der Waals surface area contributed by atoms with Crippen molar-refractivity contribution in [3.05, 3.63) is 179 Å². The van der Waals surface area contributed by atoms with Crippen molar-refractivity contribution in [1.82, 2.24) is 30.6 Å². The molecule has 0 saturated carbocycles. The second kappa shape index (κ2) is 19.9. The summed E-state index contributed by atoms with van der Waals surface area (Å²) in [5, 5.41) is 28.1. The van der Waals surface area contributed by atoms with Crippen LogP contribution in [0.25, 0.3) is 34.4 Å². The van der Waals surface area contributed by atoms with E-state index >= 15 is 0 Å². The summed E-state index contributed by atoms with van der Waals surface area (Å²) in [6.07, 6.45) is -4.62. The standard InChI is InChI=1S/C16H9F8N3O2S.C15H9ClF5N3O2S.C15H9F6N3O2S/c17-16(18,19)11-3-1-2-10(8-11)14-26-27-15(29-14)25-13(28)9-4-6-12(7-5-9)30(20,21,22,23)24;2*16-11-5-1-10(2-6-11)14-23-24-15(26-14)22-13(25)9-3-7-12(8-4-9)27(17,18,19,20)21/h1-8H,(H,25,27,28);2*1-8H,(H,22,24,25). The largest absolute Gasteiger partial charge is 0.416 e. The third kappa shape index (κ3) is 16.9. The van der Waals surface area contributed by atoms with Crippen LogP contribution in [0, 0.1) is 5.82 Å². The number of hydrogen-bond acceptors (Lipinski definition) is 12. The number of halogens is 20. The molecule has 0 aliphatic rings. The zero-order valence-corrected chi connectivity index (χ0v) is 43.5. The Bertz CT molecular complexity index is 3770. The second-order valence-electron chi connectivity index (χ2n) is 16.7. The summed E-state index contributed by atoms with van der Waals surface area (Å²) in [6.45, 7) is 0. The van der Waals surface area contributed by atoms with Gasteiger partial charge in [-0.15, -0.1) is 15.3 Å². The minimum Gasteiger partial charge on any atom is -0.403 e. The lowest BCUT2D eigenvalue weighted by atomic mass is 10.1. The van der Waals surface area contributed by atoms with Gasteiger partial charge in [0.25, 0.3) is 17.7 Å². The first kappa shape index (κ1) is 62.8. The van der Waals surface area contributed by atoms with Crippen LogP contribution in [-0.2, 0) is 6.18 Å². The molecule has 0 atom stereocenters. The molecule has 3 N–H and O–H groups in total. The molecule has 0 spiro atoms. The summed E-state index contributed by atoms with van der Waals surface area (Å²) >= 11 is 5.76. The van der Waals surface area contributed by atoms with Gasteiger partial charge in [0, 0.05) is 38.4 Å². The number of anilines is 3. The van der Waals surface area contributed by atoms with Gasteiger partial charge in [-0.25, -0.2) is 4.39 Å². The van der Waals surface area contributed by atoms with E-state index in [2.05, 4.69) is 41.2 Å². The van der Waals surface area contributed by atoms with Gasteiger partial charge in [-0.05, 0) is 140 Å². The maximum absolute atomic E-state index is 12.9. The number of alkyl halides is 3. The minimum atomic E-state index is -9.88. The molecule has 0 radical (unpaired) electrons. The van der Waals surface area contributed by atoms with Gasteiger partial charge in [0.1, 0.15) is 20.5 Å². The van der Waals surface area contributed by atoms with E-state index in [0.717, 1.165) is 30.3 Å². The molecule has 15 nitrogen and oxygen atoms in total. The van der Waals surface area contributed by atoms with E-state index in [1.807, 2.05) is 5.32 Å². The van der Waals surface area contributed by atoms with E-state index in [1.54, 1.807) is 24.3 Å². The summed E-state index contributed by atoms with van der Waals surface area (Å²) in [7, 11) is -29.5. The predicted molar refractivity (Wildman–Crippen MR) is 267 cm³/mol. The van der Waals surface area contributed by atoms with Gasteiger partial charge >= 0.3 is 54.9 Å². The average Bonchev–Trinajstić information content (AvgIpc) is 3.32. The van der Waals surface area contributed by atoms with Gasteiger partial charge in [0.05, 0.1) is 5.56 Å². The Labute approximate surface area is 460 Å². The summed E-state index contributed by atoms with van der Waals surface area (Å²) in [5.41, 5.74) is -1.25. The first-order valence-corrected chi connectivity index (χ1v) is 28.1. The lowest BCUT2D eigenvalue weighted by Crippen LogP contribution is -2.13. The van der Waals surface area contributed by atoms with Crippen LogP contribution in [0.15, 0.2) is 174 Å². The highest BCUT2D eigenvalue weighted by Gasteiger charge is 2.67. The highest BCUT2D eigenvalue weighted by molar-refractivity contribution is 8.46. The fourth-order valence-corrected chi connectivity index (χ4v) is 8.36. The number of benzene rings is 6. The van der Waals surface area contributed by atoms with Crippen LogP contribution in [0.5, 0.6) is 0 Å². The van der Waals surface area contributed by atoms with Crippen LogP contribution >= 0.6 is 42.3 Å². The summed E-state index contributed by atoms with van der Waals surface area (Å²) in [5.74, 6) is -3.75. The number of nitrogens with zero attached hydrogens (tertiary/aromatic N) is 6. The highest BCUT2D eigenvalue weighted by Crippen LogP contribution is 3.03. The molecule has 3 amide bonds. The molecule has 450 valence electrons. The molecule has 0 fully saturated rings. The van der Waals surface area contributed by atoms with Crippen LogP contribution in [0.1, 0.15) is 36.6 Å². The van der Waals surface area contributed by atoms with E-state index in [4.69, 9.17) is 24.9 Å². The van der Waals surface area contributed by atoms with E-state index in [0.29, 0.717) is 52.5 Å². The van der Waals surface area contributed by atoms with Gasteiger partial charge in [-0.2, -0.15) is 13.2 Å². The maximum Gasteiger partial charge on any atom is 0.416 e. The van der Waals surface area contributed by atoms with Crippen LogP contribution in [0.4, 0.5) is 93.9 Å².